The molecule has 1 N–H and O–H groups in total. The smallest absolute Gasteiger partial charge is 0.478 e. The van der Waals surface area contributed by atoms with Gasteiger partial charge in [0.15, 0.2) is 0 Å². The first-order valence-electron chi connectivity index (χ1n) is 7.07. The Hall–Kier alpha value is -0.693. The SMILES string of the molecule is CO[Si](CCCCCCCC=C(C)C(=O)O)(OC)OC. The van der Waals surface area contributed by atoms with E-state index in [0.717, 1.165) is 44.6 Å². The van der Waals surface area contributed by atoms with Crippen molar-refractivity contribution in [2.45, 2.75) is 51.5 Å². The fourth-order valence-electron chi connectivity index (χ4n) is 1.98. The minimum Gasteiger partial charge on any atom is -0.478 e. The Balaban J connectivity index is 3.63. The Morgan fingerprint density at radius 3 is 2.00 bits per heavy atom. The molecular formula is C14H28O5Si. The molecule has 118 valence electrons. The first kappa shape index (κ1) is 19.3. The maximum Gasteiger partial charge on any atom is 0.500 e. The Morgan fingerprint density at radius 1 is 1.00 bits per heavy atom. The van der Waals surface area contributed by atoms with Crippen LogP contribution in [0, 0.1) is 0 Å². The van der Waals surface area contributed by atoms with Crippen LogP contribution in [0.2, 0.25) is 6.04 Å². The van der Waals surface area contributed by atoms with Gasteiger partial charge in [-0.05, 0) is 26.2 Å². The normalized spacial score (nSPS) is 12.7. The second-order valence-electron chi connectivity index (χ2n) is 4.79. The van der Waals surface area contributed by atoms with Crippen LogP contribution in [0.25, 0.3) is 0 Å². The molecule has 0 fully saturated rings. The van der Waals surface area contributed by atoms with E-state index in [1.807, 2.05) is 0 Å². The van der Waals surface area contributed by atoms with Crippen molar-refractivity contribution < 1.29 is 23.2 Å². The number of aliphatic carboxylic acids is 1. The third kappa shape index (κ3) is 7.79. The number of rotatable bonds is 12. The summed E-state index contributed by atoms with van der Waals surface area (Å²) in [4.78, 5) is 10.6. The van der Waals surface area contributed by atoms with Gasteiger partial charge >= 0.3 is 14.8 Å². The molecule has 0 aliphatic heterocycles. The molecule has 0 aromatic carbocycles. The first-order valence-corrected chi connectivity index (χ1v) is 9.00. The van der Waals surface area contributed by atoms with E-state index in [4.69, 9.17) is 18.4 Å². The average Bonchev–Trinajstić information content (AvgIpc) is 2.46. The zero-order valence-electron chi connectivity index (χ0n) is 13.1. The summed E-state index contributed by atoms with van der Waals surface area (Å²) in [5.74, 6) is -0.829. The molecule has 0 saturated carbocycles. The largest absolute Gasteiger partial charge is 0.500 e. The van der Waals surface area contributed by atoms with Crippen molar-refractivity contribution in [2.75, 3.05) is 21.3 Å². The molecule has 5 nitrogen and oxygen atoms in total. The van der Waals surface area contributed by atoms with E-state index in [1.54, 1.807) is 34.3 Å². The van der Waals surface area contributed by atoms with E-state index >= 15 is 0 Å². The lowest BCUT2D eigenvalue weighted by Crippen LogP contribution is -2.42. The van der Waals surface area contributed by atoms with Crippen LogP contribution in [0.4, 0.5) is 0 Å². The molecule has 0 rings (SSSR count). The maximum atomic E-state index is 10.6. The number of unbranched alkanes of at least 4 members (excludes halogenated alkanes) is 5. The fraction of sp³-hybridized carbons (Fsp3) is 0.786. The topological polar surface area (TPSA) is 65.0 Å². The molecule has 0 heterocycles. The van der Waals surface area contributed by atoms with Crippen molar-refractivity contribution in [2.24, 2.45) is 0 Å². The molecule has 0 aliphatic rings. The predicted octanol–water partition coefficient (Wildman–Crippen LogP) is 3.24. The standard InChI is InChI=1S/C14H28O5Si/c1-13(14(15)16)11-9-7-5-6-8-10-12-20(17-2,18-3)19-4/h11H,5-10,12H2,1-4H3,(H,15,16). The van der Waals surface area contributed by atoms with Gasteiger partial charge in [0.05, 0.1) is 0 Å². The molecule has 0 unspecified atom stereocenters. The van der Waals surface area contributed by atoms with Crippen molar-refractivity contribution in [1.82, 2.24) is 0 Å². The van der Waals surface area contributed by atoms with Crippen molar-refractivity contribution in [3.05, 3.63) is 11.6 Å². The molecule has 0 aromatic heterocycles. The van der Waals surface area contributed by atoms with E-state index in [1.165, 1.54) is 0 Å². The molecule has 0 atom stereocenters. The summed E-state index contributed by atoms with van der Waals surface area (Å²) < 4.78 is 16.1. The molecule has 0 radical (unpaired) electrons. The van der Waals surface area contributed by atoms with Crippen molar-refractivity contribution >= 4 is 14.8 Å². The van der Waals surface area contributed by atoms with E-state index in [2.05, 4.69) is 0 Å². The Kier molecular flexibility index (Phi) is 10.6. The Labute approximate surface area is 123 Å². The minimum atomic E-state index is -2.40. The van der Waals surface area contributed by atoms with Crippen molar-refractivity contribution in [1.29, 1.82) is 0 Å². The van der Waals surface area contributed by atoms with Gasteiger partial charge in [0.25, 0.3) is 0 Å². The van der Waals surface area contributed by atoms with Crippen LogP contribution in [-0.2, 0) is 18.1 Å². The summed E-state index contributed by atoms with van der Waals surface area (Å²) in [6.45, 7) is 1.63. The van der Waals surface area contributed by atoms with Gasteiger partial charge in [-0.3, -0.25) is 0 Å². The molecule has 20 heavy (non-hydrogen) atoms. The summed E-state index contributed by atoms with van der Waals surface area (Å²) in [6.07, 6.45) is 8.07. The highest BCUT2D eigenvalue weighted by atomic mass is 28.4. The fourth-order valence-corrected chi connectivity index (χ4v) is 3.77. The van der Waals surface area contributed by atoms with Gasteiger partial charge in [0.1, 0.15) is 0 Å². The predicted molar refractivity (Wildman–Crippen MR) is 80.7 cm³/mol. The second kappa shape index (κ2) is 11.0. The number of allylic oxidation sites excluding steroid dienone is 1. The van der Waals surface area contributed by atoms with Gasteiger partial charge < -0.3 is 18.4 Å². The Morgan fingerprint density at radius 2 is 1.50 bits per heavy atom. The van der Waals surface area contributed by atoms with E-state index in [0.29, 0.717) is 5.57 Å². The lowest BCUT2D eigenvalue weighted by Gasteiger charge is -2.24. The number of hydrogen-bond acceptors (Lipinski definition) is 4. The highest BCUT2D eigenvalue weighted by Gasteiger charge is 2.36. The van der Waals surface area contributed by atoms with E-state index in [9.17, 15) is 4.79 Å². The number of carboxylic acids is 1. The maximum absolute atomic E-state index is 10.6. The first-order chi connectivity index (χ1) is 9.51. The minimum absolute atomic E-state index is 0.432. The molecule has 0 aliphatic carbocycles. The molecule has 0 aromatic rings. The lowest BCUT2D eigenvalue weighted by molar-refractivity contribution is -0.132. The van der Waals surface area contributed by atoms with Crippen LogP contribution in [0.1, 0.15) is 45.4 Å². The second-order valence-corrected chi connectivity index (χ2v) is 7.88. The van der Waals surface area contributed by atoms with Crippen LogP contribution >= 0.6 is 0 Å². The summed E-state index contributed by atoms with van der Waals surface area (Å²) in [6, 6.07) is 0.842. The van der Waals surface area contributed by atoms with Crippen LogP contribution in [-0.4, -0.2) is 41.2 Å². The lowest BCUT2D eigenvalue weighted by atomic mass is 10.1. The molecule has 0 spiro atoms. The van der Waals surface area contributed by atoms with Crippen molar-refractivity contribution in [3.8, 4) is 0 Å². The van der Waals surface area contributed by atoms with Crippen LogP contribution < -0.4 is 0 Å². The summed E-state index contributed by atoms with van der Waals surface area (Å²) in [7, 11) is 2.51. The molecule has 0 bridgehead atoms. The quantitative estimate of drug-likeness (QED) is 0.341. The third-order valence-corrected chi connectivity index (χ3v) is 6.24. The van der Waals surface area contributed by atoms with Crippen molar-refractivity contribution in [3.63, 3.8) is 0 Å². The summed E-state index contributed by atoms with van der Waals surface area (Å²) in [5.41, 5.74) is 0.432. The van der Waals surface area contributed by atoms with Gasteiger partial charge in [0.2, 0.25) is 0 Å². The van der Waals surface area contributed by atoms with Gasteiger partial charge in [0, 0.05) is 32.9 Å². The van der Waals surface area contributed by atoms with E-state index < -0.39 is 14.8 Å². The number of hydrogen-bond donors (Lipinski definition) is 1. The average molecular weight is 304 g/mol. The molecule has 0 saturated heterocycles. The van der Waals surface area contributed by atoms with Gasteiger partial charge in [-0.2, -0.15) is 0 Å². The zero-order chi connectivity index (χ0) is 15.4. The highest BCUT2D eigenvalue weighted by molar-refractivity contribution is 6.60. The van der Waals surface area contributed by atoms with E-state index in [-0.39, 0.29) is 0 Å². The molecular weight excluding hydrogens is 276 g/mol. The van der Waals surface area contributed by atoms with Crippen LogP contribution in [0.5, 0.6) is 0 Å². The monoisotopic (exact) mass is 304 g/mol. The van der Waals surface area contributed by atoms with Crippen LogP contribution in [0.15, 0.2) is 11.6 Å². The number of carbonyl (C=O) groups is 1. The number of carboxylic acid groups (broad SMARTS) is 1. The summed E-state index contributed by atoms with van der Waals surface area (Å²) in [5, 5.41) is 8.70. The highest BCUT2D eigenvalue weighted by Crippen LogP contribution is 2.18. The molecule has 6 heteroatoms. The third-order valence-electron chi connectivity index (χ3n) is 3.41. The Bertz CT molecular complexity index is 292. The van der Waals surface area contributed by atoms with Crippen LogP contribution in [0.3, 0.4) is 0 Å². The molecule has 0 amide bonds. The zero-order valence-corrected chi connectivity index (χ0v) is 14.1. The van der Waals surface area contributed by atoms with Gasteiger partial charge in [-0.15, -0.1) is 0 Å². The summed E-state index contributed by atoms with van der Waals surface area (Å²) >= 11 is 0. The van der Waals surface area contributed by atoms with Gasteiger partial charge in [-0.25, -0.2) is 4.79 Å². The van der Waals surface area contributed by atoms with Gasteiger partial charge in [-0.1, -0.05) is 25.3 Å².